The average Bonchev–Trinajstić information content (AvgIpc) is 2.16. The van der Waals surface area contributed by atoms with Gasteiger partial charge in [-0.15, -0.1) is 0 Å². The fraction of sp³-hybridized carbons (Fsp3) is 0.889. The van der Waals surface area contributed by atoms with Gasteiger partial charge in [-0.3, -0.25) is 4.79 Å². The van der Waals surface area contributed by atoms with Crippen molar-refractivity contribution in [1.29, 1.82) is 0 Å². The Kier molecular flexibility index (Phi) is 4.18. The second-order valence-corrected chi connectivity index (χ2v) is 3.67. The summed E-state index contributed by atoms with van der Waals surface area (Å²) in [5.41, 5.74) is 5.77. The van der Waals surface area contributed by atoms with E-state index in [1.54, 1.807) is 7.05 Å². The molecule has 1 fully saturated rings. The lowest BCUT2D eigenvalue weighted by atomic mass is 9.92. The van der Waals surface area contributed by atoms with Gasteiger partial charge >= 0.3 is 0 Å². The van der Waals surface area contributed by atoms with E-state index in [-0.39, 0.29) is 5.91 Å². The highest BCUT2D eigenvalue weighted by Crippen LogP contribution is 2.16. The van der Waals surface area contributed by atoms with Gasteiger partial charge in [0.05, 0.1) is 6.54 Å². The van der Waals surface area contributed by atoms with Crippen LogP contribution in [0.2, 0.25) is 0 Å². The lowest BCUT2D eigenvalue weighted by Crippen LogP contribution is -2.41. The molecule has 0 spiro atoms. The fourth-order valence-corrected chi connectivity index (χ4v) is 1.65. The molecule has 0 bridgehead atoms. The Balaban J connectivity index is 2.12. The minimum atomic E-state index is 0.0508. The van der Waals surface area contributed by atoms with Crippen LogP contribution in [-0.2, 0) is 4.79 Å². The maximum Gasteiger partial charge on any atom is 0.233 e. The summed E-state index contributed by atoms with van der Waals surface area (Å²) in [5.74, 6) is 0.0508. The Morgan fingerprint density at radius 2 is 2.00 bits per heavy atom. The van der Waals surface area contributed by atoms with Gasteiger partial charge in [0.1, 0.15) is 0 Å². The molecule has 0 saturated heterocycles. The molecule has 0 radical (unpaired) electrons. The highest BCUT2D eigenvalue weighted by atomic mass is 16.1. The molecule has 1 aliphatic carbocycles. The van der Waals surface area contributed by atoms with Gasteiger partial charge < -0.3 is 16.4 Å². The summed E-state index contributed by atoms with van der Waals surface area (Å²) in [6, 6.07) is 0.857. The van der Waals surface area contributed by atoms with Gasteiger partial charge in [-0.1, -0.05) is 0 Å². The summed E-state index contributed by atoms with van der Waals surface area (Å²) < 4.78 is 0. The van der Waals surface area contributed by atoms with E-state index in [0.29, 0.717) is 18.6 Å². The average molecular weight is 185 g/mol. The number of hydrogen-bond acceptors (Lipinski definition) is 3. The van der Waals surface area contributed by atoms with Crippen LogP contribution in [-0.4, -0.2) is 31.6 Å². The molecule has 1 saturated carbocycles. The van der Waals surface area contributed by atoms with Crippen LogP contribution in [0.1, 0.15) is 25.7 Å². The second kappa shape index (κ2) is 5.19. The smallest absolute Gasteiger partial charge is 0.233 e. The van der Waals surface area contributed by atoms with Gasteiger partial charge in [0, 0.05) is 19.1 Å². The van der Waals surface area contributed by atoms with Gasteiger partial charge in [0.25, 0.3) is 0 Å². The molecule has 4 heteroatoms. The molecule has 13 heavy (non-hydrogen) atoms. The van der Waals surface area contributed by atoms with Crippen LogP contribution in [0.25, 0.3) is 0 Å². The number of rotatable bonds is 3. The number of nitrogens with two attached hydrogens (primary N) is 1. The van der Waals surface area contributed by atoms with Crippen LogP contribution in [0, 0.1) is 0 Å². The number of hydrogen-bond donors (Lipinski definition) is 3. The third kappa shape index (κ3) is 3.74. The minimum absolute atomic E-state index is 0.0508. The maximum absolute atomic E-state index is 10.9. The summed E-state index contributed by atoms with van der Waals surface area (Å²) in [6.45, 7) is 0.427. The van der Waals surface area contributed by atoms with Gasteiger partial charge in [-0.2, -0.15) is 0 Å². The first-order chi connectivity index (χ1) is 6.22. The largest absolute Gasteiger partial charge is 0.358 e. The molecule has 76 valence electrons. The molecular formula is C9H19N3O. The highest BCUT2D eigenvalue weighted by Gasteiger charge is 2.18. The molecule has 1 rings (SSSR count). The Morgan fingerprint density at radius 3 is 2.54 bits per heavy atom. The van der Waals surface area contributed by atoms with E-state index in [1.165, 1.54) is 0 Å². The third-order valence-corrected chi connectivity index (χ3v) is 2.60. The van der Waals surface area contributed by atoms with E-state index in [4.69, 9.17) is 5.73 Å². The van der Waals surface area contributed by atoms with Crippen LogP contribution >= 0.6 is 0 Å². The molecule has 0 aromatic rings. The van der Waals surface area contributed by atoms with Crippen molar-refractivity contribution in [1.82, 2.24) is 10.6 Å². The molecule has 0 aromatic heterocycles. The maximum atomic E-state index is 10.9. The molecule has 0 aromatic carbocycles. The predicted molar refractivity (Wildman–Crippen MR) is 52.3 cm³/mol. The lowest BCUT2D eigenvalue weighted by Gasteiger charge is -2.26. The number of carbonyl (C=O) groups is 1. The molecule has 1 aliphatic rings. The summed E-state index contributed by atoms with van der Waals surface area (Å²) in [4.78, 5) is 10.9. The van der Waals surface area contributed by atoms with Crippen molar-refractivity contribution in [3.05, 3.63) is 0 Å². The Morgan fingerprint density at radius 1 is 1.38 bits per heavy atom. The van der Waals surface area contributed by atoms with Gasteiger partial charge in [0.15, 0.2) is 0 Å². The molecular weight excluding hydrogens is 166 g/mol. The molecule has 0 unspecified atom stereocenters. The van der Waals surface area contributed by atoms with E-state index in [1.807, 2.05) is 0 Å². The molecule has 0 atom stereocenters. The number of likely N-dealkylation sites (N-methyl/N-ethyl adjacent to an activating group) is 1. The third-order valence-electron chi connectivity index (χ3n) is 2.60. The van der Waals surface area contributed by atoms with E-state index in [9.17, 15) is 4.79 Å². The molecule has 0 aliphatic heterocycles. The van der Waals surface area contributed by atoms with Crippen LogP contribution in [0.3, 0.4) is 0 Å². The Labute approximate surface area is 79.3 Å². The van der Waals surface area contributed by atoms with Crippen molar-refractivity contribution in [3.8, 4) is 0 Å². The highest BCUT2D eigenvalue weighted by molar-refractivity contribution is 5.77. The quantitative estimate of drug-likeness (QED) is 0.560. The second-order valence-electron chi connectivity index (χ2n) is 3.67. The van der Waals surface area contributed by atoms with Crippen molar-refractivity contribution >= 4 is 5.91 Å². The van der Waals surface area contributed by atoms with Crippen LogP contribution < -0.4 is 16.4 Å². The molecule has 1 amide bonds. The summed E-state index contributed by atoms with van der Waals surface area (Å²) in [6.07, 6.45) is 4.34. The van der Waals surface area contributed by atoms with Crippen molar-refractivity contribution in [2.45, 2.75) is 37.8 Å². The van der Waals surface area contributed by atoms with Gasteiger partial charge in [-0.25, -0.2) is 0 Å². The molecule has 4 N–H and O–H groups in total. The monoisotopic (exact) mass is 185 g/mol. The van der Waals surface area contributed by atoms with Crippen molar-refractivity contribution in [2.75, 3.05) is 13.6 Å². The normalized spacial score (nSPS) is 28.5. The SMILES string of the molecule is CNC(=O)CNC1CCC(N)CC1. The summed E-state index contributed by atoms with van der Waals surface area (Å²) in [7, 11) is 1.65. The molecule has 0 heterocycles. The number of carbonyl (C=O) groups excluding carboxylic acids is 1. The predicted octanol–water partition coefficient (Wildman–Crippen LogP) is -0.408. The van der Waals surface area contributed by atoms with Crippen LogP contribution in [0.4, 0.5) is 0 Å². The number of nitrogens with one attached hydrogen (secondary N) is 2. The zero-order valence-corrected chi connectivity index (χ0v) is 8.18. The summed E-state index contributed by atoms with van der Waals surface area (Å²) in [5, 5.41) is 5.81. The van der Waals surface area contributed by atoms with Gasteiger partial charge in [-0.05, 0) is 25.7 Å². The Hall–Kier alpha value is -0.610. The number of amides is 1. The first kappa shape index (κ1) is 10.5. The van der Waals surface area contributed by atoms with Gasteiger partial charge in [0.2, 0.25) is 5.91 Å². The lowest BCUT2D eigenvalue weighted by molar-refractivity contribution is -0.119. The topological polar surface area (TPSA) is 67.2 Å². The van der Waals surface area contributed by atoms with E-state index in [2.05, 4.69) is 10.6 Å². The van der Waals surface area contributed by atoms with E-state index < -0.39 is 0 Å². The zero-order chi connectivity index (χ0) is 9.68. The first-order valence-electron chi connectivity index (χ1n) is 4.92. The van der Waals surface area contributed by atoms with Crippen LogP contribution in [0.5, 0.6) is 0 Å². The molecule has 4 nitrogen and oxygen atoms in total. The fourth-order valence-electron chi connectivity index (χ4n) is 1.65. The van der Waals surface area contributed by atoms with Crippen molar-refractivity contribution in [3.63, 3.8) is 0 Å². The summed E-state index contributed by atoms with van der Waals surface area (Å²) >= 11 is 0. The van der Waals surface area contributed by atoms with Crippen molar-refractivity contribution < 1.29 is 4.79 Å². The first-order valence-corrected chi connectivity index (χ1v) is 4.92. The van der Waals surface area contributed by atoms with E-state index >= 15 is 0 Å². The Bertz CT molecular complexity index is 164. The van der Waals surface area contributed by atoms with Crippen molar-refractivity contribution in [2.24, 2.45) is 5.73 Å². The standard InChI is InChI=1S/C9H19N3O/c1-11-9(13)6-12-8-4-2-7(10)3-5-8/h7-8,12H,2-6,10H2,1H3,(H,11,13). The zero-order valence-electron chi connectivity index (χ0n) is 8.18. The van der Waals surface area contributed by atoms with Crippen LogP contribution in [0.15, 0.2) is 0 Å². The minimum Gasteiger partial charge on any atom is -0.358 e. The van der Waals surface area contributed by atoms with E-state index in [0.717, 1.165) is 25.7 Å².